The highest BCUT2D eigenvalue weighted by Crippen LogP contribution is 2.34. The van der Waals surface area contributed by atoms with Crippen molar-refractivity contribution in [1.82, 2.24) is 10.6 Å². The first-order valence-corrected chi connectivity index (χ1v) is 11.5. The van der Waals surface area contributed by atoms with Crippen LogP contribution >= 0.6 is 0 Å². The van der Waals surface area contributed by atoms with Gasteiger partial charge < -0.3 is 19.8 Å². The van der Waals surface area contributed by atoms with Gasteiger partial charge in [-0.15, -0.1) is 0 Å². The lowest BCUT2D eigenvalue weighted by molar-refractivity contribution is -0.154. The summed E-state index contributed by atoms with van der Waals surface area (Å²) in [4.78, 5) is 24.6. The van der Waals surface area contributed by atoms with Gasteiger partial charge in [-0.2, -0.15) is 13.2 Å². The number of halogens is 4. The number of amides is 2. The third-order valence-electron chi connectivity index (χ3n) is 5.82. The van der Waals surface area contributed by atoms with Crippen LogP contribution in [0.2, 0.25) is 0 Å². The lowest BCUT2D eigenvalue weighted by atomic mass is 10.0. The zero-order chi connectivity index (χ0) is 26.7. The number of anilines is 1. The van der Waals surface area contributed by atoms with Gasteiger partial charge in [-0.25, -0.2) is 9.18 Å². The van der Waals surface area contributed by atoms with Gasteiger partial charge in [0.15, 0.2) is 0 Å². The molecule has 2 N–H and O–H groups in total. The van der Waals surface area contributed by atoms with Crippen molar-refractivity contribution < 1.29 is 36.3 Å². The molecule has 2 heterocycles. The summed E-state index contributed by atoms with van der Waals surface area (Å²) in [6.45, 7) is 3.47. The molecular weight excluding hydrogens is 494 g/mol. The highest BCUT2D eigenvalue weighted by Gasteiger charge is 2.37. The molecule has 37 heavy (non-hydrogen) atoms. The van der Waals surface area contributed by atoms with Crippen LogP contribution in [0, 0.1) is 12.7 Å². The van der Waals surface area contributed by atoms with Crippen LogP contribution in [-0.2, 0) is 28.8 Å². The standard InChI is InChI=1S/C26H25F4N3O4/c1-15-9-19(24(36-15)26(28,29)30)12-31-11-17-3-5-18(6-4-17)22-8-7-20(10-23(22)27)33-14-21(37-25(33)35)13-32-16(2)34/h3-10,21,31H,11-14H2,1-2H3,(H,32,34)/t21-/m0/s1. The van der Waals surface area contributed by atoms with Crippen molar-refractivity contribution in [3.05, 3.63) is 77.0 Å². The van der Waals surface area contributed by atoms with Crippen LogP contribution in [-0.4, -0.2) is 31.2 Å². The number of carbonyl (C=O) groups excluding carboxylic acids is 2. The highest BCUT2D eigenvalue weighted by molar-refractivity contribution is 5.90. The molecule has 1 saturated heterocycles. The summed E-state index contributed by atoms with van der Waals surface area (Å²) in [5, 5.41) is 5.56. The number of ether oxygens (including phenoxy) is 1. The summed E-state index contributed by atoms with van der Waals surface area (Å²) < 4.78 is 64.1. The number of benzene rings is 2. The van der Waals surface area contributed by atoms with Crippen LogP contribution in [0.3, 0.4) is 0 Å². The normalized spacial score (nSPS) is 15.7. The van der Waals surface area contributed by atoms with E-state index < -0.39 is 30.0 Å². The highest BCUT2D eigenvalue weighted by atomic mass is 19.4. The molecule has 1 aliphatic rings. The molecule has 2 amide bonds. The molecule has 196 valence electrons. The zero-order valence-corrected chi connectivity index (χ0v) is 20.1. The number of rotatable bonds is 8. The molecule has 11 heteroatoms. The largest absolute Gasteiger partial charge is 0.456 e. The summed E-state index contributed by atoms with van der Waals surface area (Å²) in [5.74, 6) is -1.59. The number of nitrogens with one attached hydrogen (secondary N) is 2. The Morgan fingerprint density at radius 2 is 1.84 bits per heavy atom. The van der Waals surface area contributed by atoms with Gasteiger partial charge in [0.25, 0.3) is 0 Å². The Morgan fingerprint density at radius 1 is 1.11 bits per heavy atom. The molecule has 1 fully saturated rings. The fourth-order valence-corrected chi connectivity index (χ4v) is 4.08. The van der Waals surface area contributed by atoms with Gasteiger partial charge >= 0.3 is 12.3 Å². The maximum Gasteiger partial charge on any atom is 0.449 e. The van der Waals surface area contributed by atoms with Crippen LogP contribution in [0.4, 0.5) is 28.0 Å². The van der Waals surface area contributed by atoms with Crippen molar-refractivity contribution in [2.24, 2.45) is 0 Å². The molecule has 0 spiro atoms. The van der Waals surface area contributed by atoms with Crippen LogP contribution in [0.25, 0.3) is 11.1 Å². The van der Waals surface area contributed by atoms with Gasteiger partial charge in [-0.3, -0.25) is 9.69 Å². The predicted molar refractivity (Wildman–Crippen MR) is 127 cm³/mol. The van der Waals surface area contributed by atoms with Gasteiger partial charge in [0, 0.05) is 31.1 Å². The van der Waals surface area contributed by atoms with E-state index in [2.05, 4.69) is 10.6 Å². The Morgan fingerprint density at radius 3 is 2.49 bits per heavy atom. The average Bonchev–Trinajstić information content (AvgIpc) is 3.40. The van der Waals surface area contributed by atoms with E-state index >= 15 is 0 Å². The minimum atomic E-state index is -4.56. The van der Waals surface area contributed by atoms with E-state index in [0.717, 1.165) is 5.56 Å². The maximum absolute atomic E-state index is 14.9. The molecule has 1 atom stereocenters. The lowest BCUT2D eigenvalue weighted by Gasteiger charge is -2.15. The Kier molecular flexibility index (Phi) is 7.53. The number of cyclic esters (lactones) is 1. The van der Waals surface area contributed by atoms with E-state index in [-0.39, 0.29) is 36.9 Å². The van der Waals surface area contributed by atoms with Crippen LogP contribution in [0.15, 0.2) is 52.9 Å². The van der Waals surface area contributed by atoms with Crippen molar-refractivity contribution in [3.8, 4) is 11.1 Å². The van der Waals surface area contributed by atoms with E-state index in [1.165, 1.54) is 30.9 Å². The van der Waals surface area contributed by atoms with Gasteiger partial charge in [0.1, 0.15) is 17.7 Å². The average molecular weight is 519 g/mol. The number of furan rings is 1. The predicted octanol–water partition coefficient (Wildman–Crippen LogP) is 5.16. The van der Waals surface area contributed by atoms with Gasteiger partial charge in [-0.05, 0) is 42.3 Å². The first-order valence-electron chi connectivity index (χ1n) is 11.5. The smallest absolute Gasteiger partial charge is 0.449 e. The van der Waals surface area contributed by atoms with Crippen molar-refractivity contribution >= 4 is 17.7 Å². The number of aryl methyl sites for hydroxylation is 1. The van der Waals surface area contributed by atoms with Crippen molar-refractivity contribution in [3.63, 3.8) is 0 Å². The maximum atomic E-state index is 14.9. The molecule has 0 saturated carbocycles. The molecule has 0 radical (unpaired) electrons. The first kappa shape index (κ1) is 26.2. The third-order valence-corrected chi connectivity index (χ3v) is 5.82. The van der Waals surface area contributed by atoms with Crippen molar-refractivity contribution in [1.29, 1.82) is 0 Å². The minimum Gasteiger partial charge on any atom is -0.456 e. The molecule has 0 aliphatic carbocycles. The fourth-order valence-electron chi connectivity index (χ4n) is 4.08. The molecule has 0 bridgehead atoms. The second-order valence-corrected chi connectivity index (χ2v) is 8.73. The van der Waals surface area contributed by atoms with Crippen LogP contribution in [0.1, 0.15) is 29.6 Å². The van der Waals surface area contributed by atoms with Crippen molar-refractivity contribution in [2.75, 3.05) is 18.0 Å². The van der Waals surface area contributed by atoms with Gasteiger partial charge in [0.2, 0.25) is 11.7 Å². The zero-order valence-electron chi connectivity index (χ0n) is 20.1. The number of hydrogen-bond acceptors (Lipinski definition) is 5. The van der Waals surface area contributed by atoms with E-state index in [9.17, 15) is 27.2 Å². The summed E-state index contributed by atoms with van der Waals surface area (Å²) in [7, 11) is 0. The third kappa shape index (κ3) is 6.29. The molecule has 2 aromatic carbocycles. The summed E-state index contributed by atoms with van der Waals surface area (Å²) in [6.07, 6.45) is -5.71. The molecule has 1 aliphatic heterocycles. The van der Waals surface area contributed by atoms with E-state index in [0.29, 0.717) is 23.4 Å². The van der Waals surface area contributed by atoms with Gasteiger partial charge in [-0.1, -0.05) is 24.3 Å². The Labute approximate surface area is 210 Å². The minimum absolute atomic E-state index is 0.0192. The van der Waals surface area contributed by atoms with E-state index in [1.807, 2.05) is 0 Å². The molecule has 3 aromatic rings. The van der Waals surface area contributed by atoms with Gasteiger partial charge in [0.05, 0.1) is 18.8 Å². The lowest BCUT2D eigenvalue weighted by Crippen LogP contribution is -2.33. The Hall–Kier alpha value is -3.86. The summed E-state index contributed by atoms with van der Waals surface area (Å²) in [5.41, 5.74) is 2.11. The van der Waals surface area contributed by atoms with Crippen LogP contribution < -0.4 is 15.5 Å². The molecule has 7 nitrogen and oxygen atoms in total. The number of hydrogen-bond donors (Lipinski definition) is 2. The van der Waals surface area contributed by atoms with E-state index in [1.54, 1.807) is 36.4 Å². The Balaban J connectivity index is 1.37. The monoisotopic (exact) mass is 519 g/mol. The number of nitrogens with zero attached hydrogens (tertiary/aromatic N) is 1. The first-order chi connectivity index (χ1) is 17.5. The molecule has 0 unspecified atom stereocenters. The second-order valence-electron chi connectivity index (χ2n) is 8.73. The van der Waals surface area contributed by atoms with E-state index in [4.69, 9.17) is 9.15 Å². The number of alkyl halides is 3. The summed E-state index contributed by atoms with van der Waals surface area (Å²) in [6, 6.07) is 12.7. The SMILES string of the molecule is CC(=O)NC[C@H]1CN(c2ccc(-c3ccc(CNCc4cc(C)oc4C(F)(F)F)cc3)c(F)c2)C(=O)O1. The van der Waals surface area contributed by atoms with Crippen molar-refractivity contribution in [2.45, 2.75) is 39.2 Å². The molecule has 1 aromatic heterocycles. The topological polar surface area (TPSA) is 83.8 Å². The molecule has 4 rings (SSSR count). The quantitative estimate of drug-likeness (QED) is 0.402. The number of carbonyl (C=O) groups is 2. The fraction of sp³-hybridized carbons (Fsp3) is 0.308. The van der Waals surface area contributed by atoms with Crippen LogP contribution in [0.5, 0.6) is 0 Å². The second kappa shape index (κ2) is 10.6. The summed E-state index contributed by atoms with van der Waals surface area (Å²) >= 11 is 0. The Bertz CT molecular complexity index is 1290. The molecular formula is C26H25F4N3O4.